The molecule has 0 heterocycles. The first kappa shape index (κ1) is 32.7. The summed E-state index contributed by atoms with van der Waals surface area (Å²) in [5.41, 5.74) is 0. The van der Waals surface area contributed by atoms with Gasteiger partial charge in [-0.2, -0.15) is 0 Å². The Morgan fingerprint density at radius 3 is 1.38 bits per heavy atom. The predicted molar refractivity (Wildman–Crippen MR) is 131 cm³/mol. The van der Waals surface area contributed by atoms with Crippen LogP contribution >= 0.6 is 0 Å². The molecule has 9 heteroatoms. The van der Waals surface area contributed by atoms with Crippen LogP contribution in [0, 0.1) is 0 Å². The lowest BCUT2D eigenvalue weighted by atomic mass is 10.1. The zero-order valence-electron chi connectivity index (χ0n) is 21.4. The van der Waals surface area contributed by atoms with Crippen molar-refractivity contribution in [1.82, 2.24) is 5.32 Å². The summed E-state index contributed by atoms with van der Waals surface area (Å²) in [6.45, 7) is 5.33. The lowest BCUT2D eigenvalue weighted by molar-refractivity contribution is -0.137. The Bertz CT molecular complexity index is 451. The van der Waals surface area contributed by atoms with Crippen molar-refractivity contribution in [2.24, 2.45) is 0 Å². The zero-order chi connectivity index (χ0) is 25.0. The van der Waals surface area contributed by atoms with Crippen molar-refractivity contribution >= 4 is 11.9 Å². The average Bonchev–Trinajstić information content (AvgIpc) is 2.82. The van der Waals surface area contributed by atoms with Crippen LogP contribution in [-0.4, -0.2) is 90.1 Å². The molecule has 0 aromatic carbocycles. The molecule has 0 aliphatic heterocycles. The molecule has 0 radical (unpaired) electrons. The Morgan fingerprint density at radius 1 is 0.559 bits per heavy atom. The lowest BCUT2D eigenvalue weighted by Gasteiger charge is -2.08. The van der Waals surface area contributed by atoms with Gasteiger partial charge in [0.2, 0.25) is 5.91 Å². The summed E-state index contributed by atoms with van der Waals surface area (Å²) in [6, 6.07) is 0. The molecule has 2 N–H and O–H groups in total. The van der Waals surface area contributed by atoms with E-state index in [9.17, 15) is 9.59 Å². The maximum absolute atomic E-state index is 11.8. The number of rotatable bonds is 28. The van der Waals surface area contributed by atoms with Crippen LogP contribution in [-0.2, 0) is 33.3 Å². The maximum atomic E-state index is 11.8. The highest BCUT2D eigenvalue weighted by atomic mass is 16.6. The van der Waals surface area contributed by atoms with Gasteiger partial charge in [0.25, 0.3) is 0 Å². The van der Waals surface area contributed by atoms with Crippen LogP contribution in [0.1, 0.15) is 77.0 Å². The Kier molecular flexibility index (Phi) is 26.9. The first-order valence-electron chi connectivity index (χ1n) is 12.9. The van der Waals surface area contributed by atoms with Gasteiger partial charge in [0.15, 0.2) is 0 Å². The monoisotopic (exact) mass is 491 g/mol. The Labute approximate surface area is 206 Å². The molecule has 0 bridgehead atoms. The van der Waals surface area contributed by atoms with E-state index in [4.69, 9.17) is 28.8 Å². The summed E-state index contributed by atoms with van der Waals surface area (Å²) in [5, 5.41) is 11.5. The fraction of sp³-hybridized carbons (Fsp3) is 0.920. The second kappa shape index (κ2) is 28.0. The molecule has 0 spiro atoms. The van der Waals surface area contributed by atoms with Crippen LogP contribution < -0.4 is 5.32 Å². The van der Waals surface area contributed by atoms with Crippen LogP contribution in [0.2, 0.25) is 0 Å². The van der Waals surface area contributed by atoms with E-state index in [1.165, 1.54) is 32.1 Å². The number of carboxylic acid groups (broad SMARTS) is 1. The number of carbonyl (C=O) groups excluding carboxylic acids is 1. The van der Waals surface area contributed by atoms with Crippen LogP contribution in [0.3, 0.4) is 0 Å². The normalized spacial score (nSPS) is 11.1. The number of aliphatic carboxylic acids is 1. The SMILES string of the molecule is COCCOCCOCCOCCOCCNC(=O)CCCCCCCCCCCCC(=O)O. The van der Waals surface area contributed by atoms with Gasteiger partial charge >= 0.3 is 5.97 Å². The first-order valence-corrected chi connectivity index (χ1v) is 12.9. The van der Waals surface area contributed by atoms with Gasteiger partial charge < -0.3 is 34.1 Å². The largest absolute Gasteiger partial charge is 0.481 e. The van der Waals surface area contributed by atoms with E-state index in [1.54, 1.807) is 7.11 Å². The highest BCUT2D eigenvalue weighted by molar-refractivity contribution is 5.75. The van der Waals surface area contributed by atoms with Gasteiger partial charge in [0, 0.05) is 26.5 Å². The standard InChI is InChI=1S/C25H49NO8/c1-30-16-17-32-20-21-34-23-22-33-19-18-31-15-14-26-24(27)12-10-8-6-4-2-3-5-7-9-11-13-25(28)29/h2-23H2,1H3,(H,26,27)(H,28,29). The summed E-state index contributed by atoms with van der Waals surface area (Å²) < 4.78 is 26.4. The second-order valence-corrected chi connectivity index (χ2v) is 8.22. The smallest absolute Gasteiger partial charge is 0.303 e. The van der Waals surface area contributed by atoms with Gasteiger partial charge in [-0.05, 0) is 12.8 Å². The highest BCUT2D eigenvalue weighted by Gasteiger charge is 2.01. The summed E-state index contributed by atoms with van der Waals surface area (Å²) in [7, 11) is 1.64. The van der Waals surface area contributed by atoms with E-state index < -0.39 is 5.97 Å². The fourth-order valence-corrected chi connectivity index (χ4v) is 3.23. The molecular formula is C25H49NO8. The second-order valence-electron chi connectivity index (χ2n) is 8.22. The highest BCUT2D eigenvalue weighted by Crippen LogP contribution is 2.12. The minimum atomic E-state index is -0.696. The Hall–Kier alpha value is -1.26. The maximum Gasteiger partial charge on any atom is 0.303 e. The molecule has 34 heavy (non-hydrogen) atoms. The van der Waals surface area contributed by atoms with Crippen molar-refractivity contribution in [2.45, 2.75) is 77.0 Å². The molecule has 0 aliphatic carbocycles. The third-order valence-corrected chi connectivity index (χ3v) is 5.16. The Balaban J connectivity index is 3.15. The van der Waals surface area contributed by atoms with E-state index in [2.05, 4.69) is 5.32 Å². The molecule has 0 saturated carbocycles. The summed E-state index contributed by atoms with van der Waals surface area (Å²) in [5.74, 6) is -0.609. The van der Waals surface area contributed by atoms with Crippen LogP contribution in [0.4, 0.5) is 0 Å². The minimum absolute atomic E-state index is 0.0876. The van der Waals surface area contributed by atoms with Crippen molar-refractivity contribution in [1.29, 1.82) is 0 Å². The third kappa shape index (κ3) is 28.8. The Morgan fingerprint density at radius 2 is 0.941 bits per heavy atom. The molecule has 0 rings (SSSR count). The fourth-order valence-electron chi connectivity index (χ4n) is 3.23. The molecule has 0 fully saturated rings. The van der Waals surface area contributed by atoms with Gasteiger partial charge in [-0.1, -0.05) is 51.4 Å². The quantitative estimate of drug-likeness (QED) is 0.160. The van der Waals surface area contributed by atoms with Gasteiger partial charge in [-0.3, -0.25) is 9.59 Å². The number of hydrogen-bond acceptors (Lipinski definition) is 7. The molecule has 0 saturated heterocycles. The number of carboxylic acids is 1. The number of nitrogens with one attached hydrogen (secondary N) is 1. The van der Waals surface area contributed by atoms with Crippen molar-refractivity contribution in [3.8, 4) is 0 Å². The van der Waals surface area contributed by atoms with Gasteiger partial charge in [0.05, 0.1) is 59.5 Å². The molecule has 9 nitrogen and oxygen atoms in total. The summed E-state index contributed by atoms with van der Waals surface area (Å²) in [4.78, 5) is 22.2. The van der Waals surface area contributed by atoms with Gasteiger partial charge in [0.1, 0.15) is 0 Å². The molecule has 0 aromatic heterocycles. The first-order chi connectivity index (χ1) is 16.7. The topological polar surface area (TPSA) is 113 Å². The van der Waals surface area contributed by atoms with Crippen LogP contribution in [0.25, 0.3) is 0 Å². The third-order valence-electron chi connectivity index (χ3n) is 5.16. The molecule has 202 valence electrons. The molecule has 1 amide bonds. The van der Waals surface area contributed by atoms with Crippen molar-refractivity contribution in [2.75, 3.05) is 73.1 Å². The van der Waals surface area contributed by atoms with E-state index in [0.717, 1.165) is 32.1 Å². The molecule has 0 unspecified atom stereocenters. The van der Waals surface area contributed by atoms with E-state index in [-0.39, 0.29) is 5.91 Å². The van der Waals surface area contributed by atoms with E-state index in [1.807, 2.05) is 0 Å². The number of carbonyl (C=O) groups is 2. The average molecular weight is 492 g/mol. The zero-order valence-corrected chi connectivity index (χ0v) is 21.4. The lowest BCUT2D eigenvalue weighted by Crippen LogP contribution is -2.27. The van der Waals surface area contributed by atoms with Gasteiger partial charge in [-0.25, -0.2) is 0 Å². The molecule has 0 aliphatic rings. The van der Waals surface area contributed by atoms with Crippen LogP contribution in [0.5, 0.6) is 0 Å². The van der Waals surface area contributed by atoms with Crippen molar-refractivity contribution in [3.63, 3.8) is 0 Å². The van der Waals surface area contributed by atoms with Crippen molar-refractivity contribution in [3.05, 3.63) is 0 Å². The minimum Gasteiger partial charge on any atom is -0.481 e. The number of ether oxygens (including phenoxy) is 5. The summed E-state index contributed by atoms with van der Waals surface area (Å²) >= 11 is 0. The number of amides is 1. The van der Waals surface area contributed by atoms with E-state index >= 15 is 0 Å². The summed E-state index contributed by atoms with van der Waals surface area (Å²) in [6.07, 6.45) is 11.8. The van der Waals surface area contributed by atoms with Crippen molar-refractivity contribution < 1.29 is 38.4 Å². The molecule has 0 atom stereocenters. The number of methoxy groups -OCH3 is 1. The van der Waals surface area contributed by atoms with Gasteiger partial charge in [-0.15, -0.1) is 0 Å². The van der Waals surface area contributed by atoms with E-state index in [0.29, 0.717) is 78.8 Å². The predicted octanol–water partition coefficient (Wildman–Crippen LogP) is 3.58. The number of unbranched alkanes of at least 4 members (excludes halogenated alkanes) is 9. The molecule has 0 aromatic rings. The molecular weight excluding hydrogens is 442 g/mol. The van der Waals surface area contributed by atoms with Crippen LogP contribution in [0.15, 0.2) is 0 Å². The number of hydrogen-bond donors (Lipinski definition) is 2.